The van der Waals surface area contributed by atoms with E-state index in [9.17, 15) is 14.4 Å². The lowest BCUT2D eigenvalue weighted by molar-refractivity contribution is -0.147. The van der Waals surface area contributed by atoms with Crippen LogP contribution < -0.4 is 15.8 Å². The third-order valence-corrected chi connectivity index (χ3v) is 6.21. The Kier molecular flexibility index (Phi) is 8.13. The predicted molar refractivity (Wildman–Crippen MR) is 137 cm³/mol. The largest absolute Gasteiger partial charge is 0.456 e. The Labute approximate surface area is 204 Å². The molecule has 1 N–H and O–H groups in total. The number of carbonyl (C=O) groups is 2. The van der Waals surface area contributed by atoms with Crippen LogP contribution in [0.5, 0.6) is 0 Å². The molecule has 3 aromatic rings. The fourth-order valence-corrected chi connectivity index (χ4v) is 4.31. The van der Waals surface area contributed by atoms with Gasteiger partial charge >= 0.3 is 5.97 Å². The number of nitrogens with one attached hydrogen (secondary N) is 1. The second-order valence-electron chi connectivity index (χ2n) is 8.81. The van der Waals surface area contributed by atoms with Crippen molar-refractivity contribution in [1.82, 2.24) is 9.55 Å². The number of carbonyl (C=O) groups excluding carboxylic acids is 2. The first kappa shape index (κ1) is 24.4. The molecular formula is C27H32N4O4. The molecule has 0 radical (unpaired) electrons. The first-order valence-electron chi connectivity index (χ1n) is 12.3. The summed E-state index contributed by atoms with van der Waals surface area (Å²) in [7, 11) is 0. The number of amides is 1. The number of hydrogen-bond donors (Lipinski definition) is 1. The lowest BCUT2D eigenvalue weighted by Gasteiger charge is -2.17. The second kappa shape index (κ2) is 11.6. The van der Waals surface area contributed by atoms with Gasteiger partial charge < -0.3 is 19.5 Å². The molecule has 1 aromatic heterocycles. The van der Waals surface area contributed by atoms with Crippen molar-refractivity contribution in [2.45, 2.75) is 52.0 Å². The zero-order chi connectivity index (χ0) is 24.6. The first-order valence-corrected chi connectivity index (χ1v) is 12.3. The minimum absolute atomic E-state index is 0.0217. The Bertz CT molecular complexity index is 1230. The lowest BCUT2D eigenvalue weighted by atomic mass is 10.2. The molecule has 0 bridgehead atoms. The first-order chi connectivity index (χ1) is 17.0. The molecule has 2 heterocycles. The molecule has 0 aliphatic carbocycles. The third-order valence-electron chi connectivity index (χ3n) is 6.21. The van der Waals surface area contributed by atoms with Crippen LogP contribution in [0.25, 0.3) is 11.0 Å². The van der Waals surface area contributed by atoms with Crippen molar-refractivity contribution in [1.29, 1.82) is 0 Å². The molecule has 0 spiro atoms. The summed E-state index contributed by atoms with van der Waals surface area (Å²) in [6.07, 6.45) is 4.40. The van der Waals surface area contributed by atoms with Gasteiger partial charge in [-0.15, -0.1) is 0 Å². The van der Waals surface area contributed by atoms with E-state index in [1.165, 1.54) is 12.8 Å². The van der Waals surface area contributed by atoms with Crippen molar-refractivity contribution in [3.05, 3.63) is 64.6 Å². The number of para-hydroxylation sites is 2. The SMILES string of the molecule is CCCCn1c(=O)c(CCC(=O)OCC(=O)Nc2ccc(N3CCCC3)cc2)nc2ccccc21. The second-order valence-corrected chi connectivity index (χ2v) is 8.81. The van der Waals surface area contributed by atoms with Gasteiger partial charge in [-0.2, -0.15) is 0 Å². The zero-order valence-electron chi connectivity index (χ0n) is 20.2. The van der Waals surface area contributed by atoms with Gasteiger partial charge in [-0.3, -0.25) is 14.4 Å². The number of esters is 1. The van der Waals surface area contributed by atoms with E-state index in [0.717, 1.165) is 42.7 Å². The molecule has 0 unspecified atom stereocenters. The Morgan fingerprint density at radius 2 is 1.80 bits per heavy atom. The number of ether oxygens (including phenoxy) is 1. The van der Waals surface area contributed by atoms with Gasteiger partial charge in [-0.1, -0.05) is 25.5 Å². The van der Waals surface area contributed by atoms with Crippen LogP contribution in [0.4, 0.5) is 11.4 Å². The van der Waals surface area contributed by atoms with Crippen LogP contribution in [0.3, 0.4) is 0 Å². The molecule has 1 aliphatic rings. The molecule has 1 amide bonds. The number of benzene rings is 2. The minimum Gasteiger partial charge on any atom is -0.456 e. The number of fused-ring (bicyclic) bond motifs is 1. The van der Waals surface area contributed by atoms with E-state index in [4.69, 9.17) is 4.74 Å². The van der Waals surface area contributed by atoms with Crippen LogP contribution in [-0.2, 0) is 27.3 Å². The standard InChI is InChI=1S/C27H32N4O4/c1-2-3-18-31-24-9-5-4-8-22(24)29-23(27(31)34)14-15-26(33)35-19-25(32)28-20-10-12-21(13-11-20)30-16-6-7-17-30/h4-5,8-13H,2-3,6-7,14-19H2,1H3,(H,28,32). The molecule has 8 nitrogen and oxygen atoms in total. The van der Waals surface area contributed by atoms with Crippen LogP contribution in [0.1, 0.15) is 44.7 Å². The van der Waals surface area contributed by atoms with E-state index >= 15 is 0 Å². The average Bonchev–Trinajstić information content (AvgIpc) is 3.41. The minimum atomic E-state index is -0.543. The Balaban J connectivity index is 1.29. The van der Waals surface area contributed by atoms with Gasteiger partial charge in [-0.25, -0.2) is 4.98 Å². The van der Waals surface area contributed by atoms with Crippen LogP contribution >= 0.6 is 0 Å². The van der Waals surface area contributed by atoms with Gasteiger partial charge in [0, 0.05) is 37.4 Å². The number of unbranched alkanes of at least 4 members (excludes halogenated alkanes) is 1. The van der Waals surface area contributed by atoms with E-state index < -0.39 is 11.9 Å². The molecule has 1 aliphatic heterocycles. The van der Waals surface area contributed by atoms with Gasteiger partial charge in [0.1, 0.15) is 5.69 Å². The number of nitrogens with zero attached hydrogens (tertiary/aromatic N) is 3. The van der Waals surface area contributed by atoms with Gasteiger partial charge in [-0.05, 0) is 55.7 Å². The van der Waals surface area contributed by atoms with Crippen LogP contribution in [0.2, 0.25) is 0 Å². The highest BCUT2D eigenvalue weighted by Gasteiger charge is 2.15. The monoisotopic (exact) mass is 476 g/mol. The lowest BCUT2D eigenvalue weighted by Crippen LogP contribution is -2.27. The fourth-order valence-electron chi connectivity index (χ4n) is 4.31. The van der Waals surface area contributed by atoms with Crippen molar-refractivity contribution in [2.75, 3.05) is 29.9 Å². The van der Waals surface area contributed by atoms with Crippen LogP contribution in [0.15, 0.2) is 53.3 Å². The molecule has 1 saturated heterocycles. The van der Waals surface area contributed by atoms with E-state index in [1.54, 1.807) is 4.57 Å². The number of aryl methyl sites for hydroxylation is 2. The topological polar surface area (TPSA) is 93.5 Å². The summed E-state index contributed by atoms with van der Waals surface area (Å²) in [4.78, 5) is 44.2. The number of rotatable bonds is 10. The molecule has 35 heavy (non-hydrogen) atoms. The normalized spacial score (nSPS) is 13.2. The summed E-state index contributed by atoms with van der Waals surface area (Å²) in [5, 5.41) is 2.74. The molecule has 2 aromatic carbocycles. The van der Waals surface area contributed by atoms with Crippen LogP contribution in [-0.4, -0.2) is 41.1 Å². The highest BCUT2D eigenvalue weighted by atomic mass is 16.5. The van der Waals surface area contributed by atoms with Crippen molar-refractivity contribution >= 4 is 34.3 Å². The van der Waals surface area contributed by atoms with Gasteiger partial charge in [0.05, 0.1) is 17.5 Å². The molecule has 184 valence electrons. The van der Waals surface area contributed by atoms with Gasteiger partial charge in [0.2, 0.25) is 0 Å². The average molecular weight is 477 g/mol. The molecule has 8 heteroatoms. The van der Waals surface area contributed by atoms with Gasteiger partial charge in [0.25, 0.3) is 11.5 Å². The summed E-state index contributed by atoms with van der Waals surface area (Å²) >= 11 is 0. The maximum Gasteiger partial charge on any atom is 0.306 e. The summed E-state index contributed by atoms with van der Waals surface area (Å²) in [6, 6.07) is 15.2. The smallest absolute Gasteiger partial charge is 0.306 e. The number of anilines is 2. The van der Waals surface area contributed by atoms with Crippen molar-refractivity contribution in [3.8, 4) is 0 Å². The summed E-state index contributed by atoms with van der Waals surface area (Å²) in [5.74, 6) is -0.947. The van der Waals surface area contributed by atoms with Crippen molar-refractivity contribution in [3.63, 3.8) is 0 Å². The molecule has 1 fully saturated rings. The highest BCUT2D eigenvalue weighted by molar-refractivity contribution is 5.93. The summed E-state index contributed by atoms with van der Waals surface area (Å²) in [5.41, 5.74) is 3.47. The van der Waals surface area contributed by atoms with Gasteiger partial charge in [0.15, 0.2) is 6.61 Å². The Hall–Kier alpha value is -3.68. The zero-order valence-corrected chi connectivity index (χ0v) is 20.2. The quantitative estimate of drug-likeness (QED) is 0.446. The molecule has 4 rings (SSSR count). The highest BCUT2D eigenvalue weighted by Crippen LogP contribution is 2.22. The summed E-state index contributed by atoms with van der Waals surface area (Å²) in [6.45, 7) is 4.42. The van der Waals surface area contributed by atoms with E-state index in [1.807, 2.05) is 48.5 Å². The van der Waals surface area contributed by atoms with Crippen LogP contribution in [0, 0.1) is 0 Å². The third kappa shape index (κ3) is 6.26. The van der Waals surface area contributed by atoms with Crippen molar-refractivity contribution < 1.29 is 14.3 Å². The van der Waals surface area contributed by atoms with Crippen molar-refractivity contribution in [2.24, 2.45) is 0 Å². The summed E-state index contributed by atoms with van der Waals surface area (Å²) < 4.78 is 6.86. The number of aromatic nitrogens is 2. The maximum absolute atomic E-state index is 13.0. The van der Waals surface area contributed by atoms with E-state index in [0.29, 0.717) is 17.9 Å². The molecular weight excluding hydrogens is 444 g/mol. The number of hydrogen-bond acceptors (Lipinski definition) is 6. The molecule has 0 saturated carbocycles. The van der Waals surface area contributed by atoms with E-state index in [2.05, 4.69) is 22.1 Å². The maximum atomic E-state index is 13.0. The fraction of sp³-hybridized carbons (Fsp3) is 0.407. The Morgan fingerprint density at radius 3 is 2.54 bits per heavy atom. The Morgan fingerprint density at radius 1 is 1.06 bits per heavy atom. The predicted octanol–water partition coefficient (Wildman–Crippen LogP) is 3.91. The van der Waals surface area contributed by atoms with E-state index in [-0.39, 0.29) is 25.0 Å². The molecule has 0 atom stereocenters.